The Morgan fingerprint density at radius 3 is 2.39 bits per heavy atom. The molecule has 5 aromatic rings. The first kappa shape index (κ1) is 31.9. The molecule has 0 fully saturated rings. The average Bonchev–Trinajstić information content (AvgIpc) is 3.47. The Morgan fingerprint density at radius 2 is 1.65 bits per heavy atom. The first-order valence-corrected chi connectivity index (χ1v) is 15.9. The maximum absolute atomic E-state index is 14.4. The van der Waals surface area contributed by atoms with Crippen LogP contribution in [0.4, 0.5) is 15.1 Å². The zero-order chi connectivity index (χ0) is 32.5. The number of thiophene rings is 1. The van der Waals surface area contributed by atoms with E-state index in [1.165, 1.54) is 47.4 Å². The largest absolute Gasteiger partial charge is 0.321 e. The zero-order valence-electron chi connectivity index (χ0n) is 24.5. The monoisotopic (exact) mass is 646 g/mol. The summed E-state index contributed by atoms with van der Waals surface area (Å²) in [5.41, 5.74) is 3.93. The van der Waals surface area contributed by atoms with Crippen LogP contribution < -0.4 is 16.0 Å². The highest BCUT2D eigenvalue weighted by molar-refractivity contribution is 8.00. The number of anilines is 2. The predicted octanol–water partition coefficient (Wildman–Crippen LogP) is 7.87. The molecular formula is C36H27FN4O3S2. The third-order valence-corrected chi connectivity index (χ3v) is 8.60. The van der Waals surface area contributed by atoms with Gasteiger partial charge in [-0.2, -0.15) is 5.26 Å². The van der Waals surface area contributed by atoms with E-state index >= 15 is 0 Å². The predicted molar refractivity (Wildman–Crippen MR) is 182 cm³/mol. The molecule has 228 valence electrons. The highest BCUT2D eigenvalue weighted by atomic mass is 32.2. The van der Waals surface area contributed by atoms with Gasteiger partial charge >= 0.3 is 0 Å². The molecule has 1 aromatic heterocycles. The molecule has 0 saturated heterocycles. The van der Waals surface area contributed by atoms with Crippen LogP contribution in [0.25, 0.3) is 17.2 Å². The van der Waals surface area contributed by atoms with Crippen LogP contribution in [0.2, 0.25) is 0 Å². The van der Waals surface area contributed by atoms with Gasteiger partial charge in [-0.15, -0.1) is 23.1 Å². The molecule has 0 radical (unpaired) electrons. The lowest BCUT2D eigenvalue weighted by molar-refractivity contribution is -0.114. The molecule has 4 aromatic carbocycles. The summed E-state index contributed by atoms with van der Waals surface area (Å²) in [6.07, 6.45) is 1.28. The van der Waals surface area contributed by atoms with Gasteiger partial charge < -0.3 is 16.0 Å². The van der Waals surface area contributed by atoms with Crippen molar-refractivity contribution in [2.24, 2.45) is 0 Å². The quantitative estimate of drug-likeness (QED) is 0.106. The molecule has 0 aliphatic rings. The minimum absolute atomic E-state index is 0.0611. The van der Waals surface area contributed by atoms with Crippen LogP contribution >= 0.6 is 23.1 Å². The molecule has 5 rings (SSSR count). The second kappa shape index (κ2) is 15.0. The van der Waals surface area contributed by atoms with Gasteiger partial charge in [0.15, 0.2) is 0 Å². The number of thioether (sulfide) groups is 1. The zero-order valence-corrected chi connectivity index (χ0v) is 26.2. The number of aryl methyl sites for hydroxylation is 1. The lowest BCUT2D eigenvalue weighted by Crippen LogP contribution is -2.30. The van der Waals surface area contributed by atoms with Crippen LogP contribution in [0.15, 0.2) is 119 Å². The second-order valence-corrected chi connectivity index (χ2v) is 12.0. The summed E-state index contributed by atoms with van der Waals surface area (Å²) >= 11 is 2.55. The molecule has 46 heavy (non-hydrogen) atoms. The number of hydrogen-bond donors (Lipinski definition) is 3. The fraction of sp³-hybridized carbons (Fsp3) is 0.0556. The van der Waals surface area contributed by atoms with E-state index in [0.717, 1.165) is 16.7 Å². The van der Waals surface area contributed by atoms with Gasteiger partial charge in [-0.1, -0.05) is 72.3 Å². The standard InChI is InChI=1S/C36H27FN4O3S2/c1-23-14-16-24(17-15-23)30-21-46-36(29(30)20-38)41-33(42)22-45-28-12-7-11-27(19-28)39-35(44)32(18-26-10-5-6-13-31(26)37)40-34(43)25-8-3-2-4-9-25/h2-19,21H,22H2,1H3,(H,39,44)(H,40,43)(H,41,42)/b32-18-. The summed E-state index contributed by atoms with van der Waals surface area (Å²) in [7, 11) is 0. The number of rotatable bonds is 10. The smallest absolute Gasteiger partial charge is 0.272 e. The van der Waals surface area contributed by atoms with Crippen LogP contribution in [0.1, 0.15) is 27.0 Å². The van der Waals surface area contributed by atoms with E-state index in [9.17, 15) is 24.0 Å². The van der Waals surface area contributed by atoms with Gasteiger partial charge in [0.25, 0.3) is 11.8 Å². The van der Waals surface area contributed by atoms with Crippen LogP contribution in [-0.2, 0) is 9.59 Å². The number of benzene rings is 4. The third-order valence-electron chi connectivity index (χ3n) is 6.71. The minimum atomic E-state index is -0.654. The minimum Gasteiger partial charge on any atom is -0.321 e. The molecule has 1 heterocycles. The van der Waals surface area contributed by atoms with E-state index in [2.05, 4.69) is 22.0 Å². The fourth-order valence-electron chi connectivity index (χ4n) is 4.37. The van der Waals surface area contributed by atoms with Gasteiger partial charge in [0.1, 0.15) is 22.6 Å². The third kappa shape index (κ3) is 8.15. The maximum atomic E-state index is 14.4. The van der Waals surface area contributed by atoms with E-state index in [4.69, 9.17) is 0 Å². The molecule has 0 spiro atoms. The van der Waals surface area contributed by atoms with Gasteiger partial charge in [-0.3, -0.25) is 14.4 Å². The normalized spacial score (nSPS) is 10.9. The number of halogens is 1. The number of carbonyl (C=O) groups excluding carboxylic acids is 3. The first-order chi connectivity index (χ1) is 22.3. The van der Waals surface area contributed by atoms with Crippen molar-refractivity contribution in [3.8, 4) is 17.2 Å². The van der Waals surface area contributed by atoms with Crippen LogP contribution in [-0.4, -0.2) is 23.5 Å². The molecule has 0 unspecified atom stereocenters. The molecule has 0 atom stereocenters. The van der Waals surface area contributed by atoms with Gasteiger partial charge in [0, 0.05) is 32.7 Å². The van der Waals surface area contributed by atoms with Crippen molar-refractivity contribution < 1.29 is 18.8 Å². The Labute approximate surface area is 273 Å². The van der Waals surface area contributed by atoms with Crippen LogP contribution in [0, 0.1) is 24.1 Å². The van der Waals surface area contributed by atoms with Gasteiger partial charge in [-0.05, 0) is 55.0 Å². The number of hydrogen-bond acceptors (Lipinski definition) is 6. The van der Waals surface area contributed by atoms with Gasteiger partial charge in [0.05, 0.1) is 11.3 Å². The summed E-state index contributed by atoms with van der Waals surface area (Å²) < 4.78 is 14.4. The molecule has 0 bridgehead atoms. The number of amides is 3. The number of nitrogens with zero attached hydrogens (tertiary/aromatic N) is 1. The number of carbonyl (C=O) groups is 3. The van der Waals surface area contributed by atoms with Crippen LogP contribution in [0.5, 0.6) is 0 Å². The molecule has 0 saturated carbocycles. The van der Waals surface area contributed by atoms with E-state index in [0.29, 0.717) is 26.7 Å². The van der Waals surface area contributed by atoms with Crippen molar-refractivity contribution in [3.63, 3.8) is 0 Å². The lowest BCUT2D eigenvalue weighted by Gasteiger charge is -2.12. The molecule has 0 aliphatic heterocycles. The summed E-state index contributed by atoms with van der Waals surface area (Å²) in [6.45, 7) is 1.99. The lowest BCUT2D eigenvalue weighted by atomic mass is 10.0. The van der Waals surface area contributed by atoms with Crippen molar-refractivity contribution in [2.75, 3.05) is 16.4 Å². The second-order valence-electron chi connectivity index (χ2n) is 10.0. The summed E-state index contributed by atoms with van der Waals surface area (Å²) in [5, 5.41) is 20.3. The summed E-state index contributed by atoms with van der Waals surface area (Å²) in [5.74, 6) is -1.95. The molecule has 3 N–H and O–H groups in total. The van der Waals surface area contributed by atoms with Crippen molar-refractivity contribution >= 4 is 57.6 Å². The van der Waals surface area contributed by atoms with Crippen molar-refractivity contribution in [3.05, 3.63) is 142 Å². The number of nitriles is 1. The summed E-state index contributed by atoms with van der Waals surface area (Å²) in [4.78, 5) is 39.7. The van der Waals surface area contributed by atoms with Crippen LogP contribution in [0.3, 0.4) is 0 Å². The SMILES string of the molecule is Cc1ccc(-c2csc(NC(=O)CSc3cccc(NC(=O)/C(=C/c4ccccc4F)NC(=O)c4ccccc4)c3)c2C#N)cc1. The Bertz CT molecular complexity index is 1970. The Morgan fingerprint density at radius 1 is 0.913 bits per heavy atom. The topological polar surface area (TPSA) is 111 Å². The molecule has 10 heteroatoms. The van der Waals surface area contributed by atoms with Crippen molar-refractivity contribution in [1.82, 2.24) is 5.32 Å². The van der Waals surface area contributed by atoms with E-state index in [1.807, 2.05) is 36.6 Å². The van der Waals surface area contributed by atoms with Gasteiger partial charge in [-0.25, -0.2) is 4.39 Å². The average molecular weight is 647 g/mol. The fourth-order valence-corrected chi connectivity index (χ4v) is 6.06. The Balaban J connectivity index is 1.25. The highest BCUT2D eigenvalue weighted by Gasteiger charge is 2.18. The van der Waals surface area contributed by atoms with Gasteiger partial charge in [0.2, 0.25) is 5.91 Å². The first-order valence-electron chi connectivity index (χ1n) is 14.1. The van der Waals surface area contributed by atoms with Crippen molar-refractivity contribution in [1.29, 1.82) is 5.26 Å². The van der Waals surface area contributed by atoms with Crippen molar-refractivity contribution in [2.45, 2.75) is 11.8 Å². The number of nitrogens with one attached hydrogen (secondary N) is 3. The maximum Gasteiger partial charge on any atom is 0.272 e. The highest BCUT2D eigenvalue weighted by Crippen LogP contribution is 2.35. The Kier molecular flexibility index (Phi) is 10.4. The Hall–Kier alpha value is -5.50. The van der Waals surface area contributed by atoms with E-state index in [1.54, 1.807) is 60.7 Å². The van der Waals surface area contributed by atoms with E-state index < -0.39 is 17.6 Å². The molecule has 0 aliphatic carbocycles. The summed E-state index contributed by atoms with van der Waals surface area (Å²) in [6, 6.07) is 31.2. The molecular weight excluding hydrogens is 620 g/mol. The molecule has 3 amide bonds. The van der Waals surface area contributed by atoms with E-state index in [-0.39, 0.29) is 22.9 Å². The molecule has 7 nitrogen and oxygen atoms in total.